The monoisotopic (exact) mass is 1510 g/mol. The fraction of sp³-hybridized carbons (Fsp3) is 0.153. The van der Waals surface area contributed by atoms with Crippen LogP contribution < -0.4 is 5.73 Å². The first kappa shape index (κ1) is 84.4. The Bertz CT molecular complexity index is 3890. The summed E-state index contributed by atoms with van der Waals surface area (Å²) in [5.41, 5.74) is 28.8. The van der Waals surface area contributed by atoms with E-state index in [2.05, 4.69) is 318 Å². The normalized spacial score (nSPS) is 10.6. The number of nitrogens with two attached hydrogens (primary N) is 1. The fourth-order valence-electron chi connectivity index (χ4n) is 12.0. The van der Waals surface area contributed by atoms with Gasteiger partial charge in [-0.3, -0.25) is 4.18 Å². The van der Waals surface area contributed by atoms with Gasteiger partial charge in [-0.15, -0.1) is 24.3 Å². The van der Waals surface area contributed by atoms with Gasteiger partial charge in [0, 0.05) is 141 Å². The maximum atomic E-state index is 11.1. The predicted molar refractivity (Wildman–Crippen MR) is 380 cm³/mol. The molecule has 0 aromatic heterocycles. The molecule has 0 unspecified atom stereocenters. The van der Waals surface area contributed by atoms with Crippen molar-refractivity contribution in [1.29, 1.82) is 0 Å². The molecule has 0 bridgehead atoms. The first-order valence-electron chi connectivity index (χ1n) is 31.1. The average Bonchev–Trinajstić information content (AvgIpc) is 0.763. The van der Waals surface area contributed by atoms with Crippen LogP contribution in [0.5, 0.6) is 0 Å². The van der Waals surface area contributed by atoms with Crippen LogP contribution >= 0.6 is 0 Å². The van der Waals surface area contributed by atoms with Crippen molar-refractivity contribution >= 4 is 10.1 Å². The number of aryl methyl sites for hydroxylation is 6. The van der Waals surface area contributed by atoms with Gasteiger partial charge in [0.15, 0.2) is 0 Å². The molecule has 0 heterocycles. The van der Waals surface area contributed by atoms with Gasteiger partial charge < -0.3 is 5.73 Å². The zero-order valence-electron chi connectivity index (χ0n) is 56.3. The Balaban J connectivity index is 0.000000338. The number of hydrogen-bond acceptors (Lipinski definition) is 4. The van der Waals surface area contributed by atoms with Crippen LogP contribution in [0.4, 0.5) is 13.2 Å². The number of hydrogen-bond donors (Lipinski definition) is 1. The molecule has 12 aromatic rings. The first-order chi connectivity index (χ1) is 45.1. The van der Waals surface area contributed by atoms with Gasteiger partial charge in [0.05, 0.1) is 7.11 Å². The van der Waals surface area contributed by atoms with Crippen molar-refractivity contribution in [3.05, 3.63) is 358 Å². The standard InChI is InChI=1S/2C40H32.C2H3F3O3S.C2H6.CH5N.2Ar.2Y/c2*1-28-16-4-7-19-31(28)34-22-10-13-25-37(34)40(38-26-14-11-23-35(38)32-20-8-5-17-29(32)2)39-27-15-12-24-36(39)33-21-9-6-18-30(33)3;1-8-9(6,7)2(3,4)5;2*1-2;;;;/h2*4-20,22-23,25-27,40H,1-3H3;1H3;1-2H3;2H2,1H3;;;;/q2*-2;;;;;;;. The van der Waals surface area contributed by atoms with Crippen molar-refractivity contribution in [1.82, 2.24) is 0 Å². The molecular weight excluding hydrogens is 1430 g/mol. The Morgan fingerprint density at radius 3 is 0.732 bits per heavy atom. The van der Waals surface area contributed by atoms with E-state index in [9.17, 15) is 21.6 Å². The summed E-state index contributed by atoms with van der Waals surface area (Å²) in [6.07, 6.45) is 0. The number of benzene rings is 12. The summed E-state index contributed by atoms with van der Waals surface area (Å²) >= 11 is 0. The summed E-state index contributed by atoms with van der Waals surface area (Å²) in [4.78, 5) is 0. The van der Waals surface area contributed by atoms with Crippen LogP contribution in [-0.4, -0.2) is 28.1 Å². The van der Waals surface area contributed by atoms with Gasteiger partial charge in [-0.05, 0) is 136 Å². The predicted octanol–water partition coefficient (Wildman–Crippen LogP) is 21.9. The number of rotatable bonds is 13. The minimum atomic E-state index is -5.34. The molecule has 0 aliphatic carbocycles. The van der Waals surface area contributed by atoms with Crippen LogP contribution in [0, 0.1) is 141 Å². The van der Waals surface area contributed by atoms with Crippen molar-refractivity contribution in [2.75, 3.05) is 14.2 Å². The largest absolute Gasteiger partial charge is 0.523 e. The third-order valence-electron chi connectivity index (χ3n) is 16.4. The second-order valence-electron chi connectivity index (χ2n) is 22.0. The zero-order chi connectivity index (χ0) is 66.7. The maximum Gasteiger partial charge on any atom is 0.523 e. The van der Waals surface area contributed by atoms with E-state index in [0.717, 1.165) is 22.3 Å². The van der Waals surface area contributed by atoms with Gasteiger partial charge in [0.25, 0.3) is 0 Å². The molecule has 0 aliphatic rings. The van der Waals surface area contributed by atoms with E-state index in [-0.39, 0.29) is 153 Å². The van der Waals surface area contributed by atoms with Crippen molar-refractivity contribution in [2.45, 2.75) is 72.7 Å². The Morgan fingerprint density at radius 1 is 0.320 bits per heavy atom. The third-order valence-corrected chi connectivity index (χ3v) is 17.4. The summed E-state index contributed by atoms with van der Waals surface area (Å²) in [5.74, 6) is -0.0425. The molecule has 0 amide bonds. The summed E-state index contributed by atoms with van der Waals surface area (Å²) in [5, 5.41) is 0. The van der Waals surface area contributed by atoms with Gasteiger partial charge in [-0.1, -0.05) is 222 Å². The van der Waals surface area contributed by atoms with Gasteiger partial charge in [0.1, 0.15) is 0 Å². The Kier molecular flexibility index (Phi) is 35.8. The van der Waals surface area contributed by atoms with Crippen LogP contribution in [0.15, 0.2) is 267 Å². The molecule has 12 rings (SSSR count). The molecular formula is C85H78Ar2F3NO3SY2-4. The molecule has 12 heteroatoms. The van der Waals surface area contributed by atoms with Crippen LogP contribution in [0.1, 0.15) is 92.4 Å². The van der Waals surface area contributed by atoms with Crippen molar-refractivity contribution in [3.63, 3.8) is 0 Å². The van der Waals surface area contributed by atoms with Crippen molar-refractivity contribution < 1.29 is 167 Å². The van der Waals surface area contributed by atoms with Crippen LogP contribution in [-0.2, 0) is 79.7 Å². The number of halogens is 3. The second-order valence-corrected chi connectivity index (χ2v) is 23.7. The molecule has 2 radical (unpaired) electrons. The number of alkyl halides is 3. The SMILES string of the molecule is CC.CN.COS(=O)(=O)C(F)(F)F.Cc1ccc[c-]c1-c1[c-]cccc1C(c1ccccc1-c1ccccc1C)c1ccccc1-c1ccccc1C.Cc1ccc[c-]c1-c1[c-]cccc1C(c1ccccc1-c1ccccc1C)c1ccccc1-c1ccccc1C.[Ar].[Ar].[Y].[Y]. The van der Waals surface area contributed by atoms with Gasteiger partial charge in [-0.25, -0.2) is 22.3 Å². The van der Waals surface area contributed by atoms with Gasteiger partial charge in [-0.2, -0.15) is 117 Å². The van der Waals surface area contributed by atoms with E-state index in [1.807, 2.05) is 38.1 Å². The van der Waals surface area contributed by atoms with Gasteiger partial charge >= 0.3 is 15.6 Å². The molecule has 0 aliphatic heterocycles. The molecule has 12 aromatic carbocycles. The zero-order valence-corrected chi connectivity index (χ0v) is 64.2. The minimum Gasteiger partial charge on any atom is -0.333 e. The molecule has 0 fully saturated rings. The average molecular weight is 1510 g/mol. The minimum absolute atomic E-state index is 0. The molecule has 0 spiro atoms. The van der Waals surface area contributed by atoms with E-state index in [4.69, 9.17) is 0 Å². The Labute approximate surface area is 685 Å². The quantitative estimate of drug-likeness (QED) is 0.0540. The Morgan fingerprint density at radius 2 is 0.515 bits per heavy atom. The summed E-state index contributed by atoms with van der Waals surface area (Å²) in [6.45, 7) is 17.1. The summed E-state index contributed by atoms with van der Waals surface area (Å²) < 4.78 is 55.9. The molecule has 2 N–H and O–H groups in total. The second kappa shape index (κ2) is 41.1. The van der Waals surface area contributed by atoms with E-state index < -0.39 is 15.6 Å². The summed E-state index contributed by atoms with van der Waals surface area (Å²) in [6, 6.07) is 110. The van der Waals surface area contributed by atoms with Crippen molar-refractivity contribution in [3.8, 4) is 66.8 Å². The van der Waals surface area contributed by atoms with Crippen LogP contribution in [0.25, 0.3) is 66.8 Å². The third kappa shape index (κ3) is 20.6. The maximum absolute atomic E-state index is 11.1. The van der Waals surface area contributed by atoms with Crippen LogP contribution in [0.2, 0.25) is 0 Å². The molecule has 0 saturated carbocycles. The van der Waals surface area contributed by atoms with E-state index in [1.165, 1.54) is 118 Å². The summed E-state index contributed by atoms with van der Waals surface area (Å²) in [7, 11) is -3.39. The van der Waals surface area contributed by atoms with Crippen LogP contribution in [0.3, 0.4) is 0 Å². The van der Waals surface area contributed by atoms with Gasteiger partial charge in [0.2, 0.25) is 0 Å². The smallest absolute Gasteiger partial charge is 0.333 e. The topological polar surface area (TPSA) is 69.4 Å². The van der Waals surface area contributed by atoms with Crippen molar-refractivity contribution in [2.24, 2.45) is 5.73 Å². The van der Waals surface area contributed by atoms with E-state index >= 15 is 0 Å². The molecule has 0 atom stereocenters. The Hall–Kier alpha value is -4.97. The molecule has 4 nitrogen and oxygen atoms in total. The molecule has 494 valence electrons. The van der Waals surface area contributed by atoms with E-state index in [1.54, 1.807) is 0 Å². The van der Waals surface area contributed by atoms with E-state index in [0.29, 0.717) is 7.11 Å². The molecule has 0 saturated heterocycles. The fourth-order valence-corrected chi connectivity index (χ4v) is 12.2. The molecule has 97 heavy (non-hydrogen) atoms. The first-order valence-corrected chi connectivity index (χ1v) is 32.5.